The number of guanidine groups is 1. The van der Waals surface area contributed by atoms with Gasteiger partial charge in [0.05, 0.1) is 25.8 Å². The normalized spacial score (nSPS) is 19.8. The van der Waals surface area contributed by atoms with Crippen LogP contribution in [0.5, 0.6) is 0 Å². The number of aliphatic imine (C=N–C) groups is 1. The molecule has 0 spiro atoms. The minimum Gasteiger partial charge on any atom is -0.377 e. The van der Waals surface area contributed by atoms with Gasteiger partial charge < -0.3 is 15.4 Å². The number of ether oxygens (including phenoxy) is 1. The molecule has 1 unspecified atom stereocenters. The first-order chi connectivity index (χ1) is 11.3. The molecule has 1 atom stereocenters. The first kappa shape index (κ1) is 18.6. The molecule has 1 heterocycles. The lowest BCUT2D eigenvalue weighted by atomic mass is 10.0. The number of morpholine rings is 1. The van der Waals surface area contributed by atoms with Crippen molar-refractivity contribution >= 4 is 5.96 Å². The molecule has 1 aromatic rings. The summed E-state index contributed by atoms with van der Waals surface area (Å²) in [5, 5.41) is 0. The Labute approximate surface area is 142 Å². The number of nitrogens with two attached hydrogens (primary N) is 1. The first-order valence-electron chi connectivity index (χ1n) is 8.39. The predicted molar refractivity (Wildman–Crippen MR) is 92.1 cm³/mol. The van der Waals surface area contributed by atoms with Crippen molar-refractivity contribution in [1.29, 1.82) is 0 Å². The summed E-state index contributed by atoms with van der Waals surface area (Å²) in [6.07, 6.45) is 0.997. The van der Waals surface area contributed by atoms with Gasteiger partial charge in [-0.2, -0.15) is 0 Å². The number of benzene rings is 1. The van der Waals surface area contributed by atoms with Gasteiger partial charge >= 0.3 is 0 Å². The number of alkyl halides is 2. The molecule has 1 aliphatic heterocycles. The molecule has 4 nitrogen and oxygen atoms in total. The van der Waals surface area contributed by atoms with Crippen molar-refractivity contribution in [3.05, 3.63) is 35.4 Å². The lowest BCUT2D eigenvalue weighted by Crippen LogP contribution is -2.52. The second-order valence-electron chi connectivity index (χ2n) is 6.81. The van der Waals surface area contributed by atoms with Crippen LogP contribution in [-0.2, 0) is 17.2 Å². The smallest absolute Gasteiger partial charge is 0.270 e. The minimum absolute atomic E-state index is 0.00776. The van der Waals surface area contributed by atoms with E-state index in [4.69, 9.17) is 10.5 Å². The first-order valence-corrected chi connectivity index (χ1v) is 8.39. The van der Waals surface area contributed by atoms with Crippen molar-refractivity contribution < 1.29 is 13.5 Å². The molecule has 1 fully saturated rings. The van der Waals surface area contributed by atoms with E-state index < -0.39 is 5.92 Å². The highest BCUT2D eigenvalue weighted by Gasteiger charge is 2.25. The average molecular weight is 339 g/mol. The second kappa shape index (κ2) is 7.92. The number of hydrogen-bond donors (Lipinski definition) is 1. The van der Waals surface area contributed by atoms with E-state index in [0.717, 1.165) is 25.5 Å². The van der Waals surface area contributed by atoms with E-state index in [2.05, 4.69) is 23.7 Å². The Morgan fingerprint density at radius 2 is 2.04 bits per heavy atom. The van der Waals surface area contributed by atoms with E-state index in [9.17, 15) is 8.78 Å². The Balaban J connectivity index is 2.01. The number of rotatable bonds is 5. The lowest BCUT2D eigenvalue weighted by Gasteiger charge is -2.37. The van der Waals surface area contributed by atoms with E-state index in [1.807, 2.05) is 0 Å². The summed E-state index contributed by atoms with van der Waals surface area (Å²) in [5.41, 5.74) is 7.03. The summed E-state index contributed by atoms with van der Waals surface area (Å²) in [6, 6.07) is 6.47. The highest BCUT2D eigenvalue weighted by atomic mass is 19.3. The Morgan fingerprint density at radius 3 is 2.62 bits per heavy atom. The Hall–Kier alpha value is -1.69. The molecule has 24 heavy (non-hydrogen) atoms. The maximum Gasteiger partial charge on any atom is 0.270 e. The third kappa shape index (κ3) is 5.16. The van der Waals surface area contributed by atoms with Gasteiger partial charge in [-0.15, -0.1) is 0 Å². The summed E-state index contributed by atoms with van der Waals surface area (Å²) in [5.74, 6) is -1.78. The third-order valence-electron chi connectivity index (χ3n) is 4.15. The van der Waals surface area contributed by atoms with Crippen LogP contribution < -0.4 is 5.73 Å². The number of nitrogens with zero attached hydrogens (tertiary/aromatic N) is 2. The highest BCUT2D eigenvalue weighted by Crippen LogP contribution is 2.26. The van der Waals surface area contributed by atoms with E-state index in [1.165, 1.54) is 12.1 Å². The fourth-order valence-electron chi connectivity index (χ4n) is 2.86. The molecule has 2 N–H and O–H groups in total. The molecule has 1 saturated heterocycles. The largest absolute Gasteiger partial charge is 0.377 e. The van der Waals surface area contributed by atoms with Crippen LogP contribution in [0.3, 0.4) is 0 Å². The van der Waals surface area contributed by atoms with Gasteiger partial charge in [0.1, 0.15) is 0 Å². The van der Waals surface area contributed by atoms with Gasteiger partial charge in [0.2, 0.25) is 0 Å². The minimum atomic E-state index is -2.82. The topological polar surface area (TPSA) is 50.9 Å². The summed E-state index contributed by atoms with van der Waals surface area (Å²) in [7, 11) is 0. The molecular weight excluding hydrogens is 312 g/mol. The van der Waals surface area contributed by atoms with Crippen LogP contribution in [0, 0.1) is 5.92 Å². The molecule has 1 aliphatic rings. The van der Waals surface area contributed by atoms with Crippen LogP contribution in [0.1, 0.15) is 38.3 Å². The molecule has 0 radical (unpaired) electrons. The van der Waals surface area contributed by atoms with Crippen molar-refractivity contribution in [2.45, 2.75) is 45.7 Å². The van der Waals surface area contributed by atoms with Crippen LogP contribution in [0.4, 0.5) is 8.78 Å². The molecule has 0 saturated carbocycles. The Morgan fingerprint density at radius 1 is 1.38 bits per heavy atom. The predicted octanol–water partition coefficient (Wildman–Crippen LogP) is 3.36. The maximum atomic E-state index is 13.2. The van der Waals surface area contributed by atoms with Crippen molar-refractivity contribution in [3.63, 3.8) is 0 Å². The molecule has 0 bridgehead atoms. The van der Waals surface area contributed by atoms with Gasteiger partial charge in [0.25, 0.3) is 5.92 Å². The van der Waals surface area contributed by atoms with E-state index in [-0.39, 0.29) is 11.6 Å². The molecular formula is C18H27F2N3O. The zero-order valence-corrected chi connectivity index (χ0v) is 14.6. The van der Waals surface area contributed by atoms with Gasteiger partial charge in [-0.25, -0.2) is 13.8 Å². The molecule has 1 aromatic carbocycles. The molecule has 6 heteroatoms. The van der Waals surface area contributed by atoms with Crippen molar-refractivity contribution in [3.8, 4) is 0 Å². The monoisotopic (exact) mass is 339 g/mol. The Bertz CT molecular complexity index is 552. The van der Waals surface area contributed by atoms with Gasteiger partial charge in [-0.3, -0.25) is 0 Å². The molecule has 0 aliphatic carbocycles. The summed E-state index contributed by atoms with van der Waals surface area (Å²) in [6.45, 7) is 7.66. The van der Waals surface area contributed by atoms with Gasteiger partial charge in [0.15, 0.2) is 5.96 Å². The van der Waals surface area contributed by atoms with Gasteiger partial charge in [-0.05, 0) is 17.9 Å². The third-order valence-corrected chi connectivity index (χ3v) is 4.15. The molecule has 2 rings (SSSR count). The quantitative estimate of drug-likeness (QED) is 0.661. The zero-order chi connectivity index (χ0) is 17.7. The van der Waals surface area contributed by atoms with Crippen LogP contribution in [0.25, 0.3) is 0 Å². The van der Waals surface area contributed by atoms with Crippen LogP contribution in [0.15, 0.2) is 29.3 Å². The summed E-state index contributed by atoms with van der Waals surface area (Å²) < 4.78 is 32.0. The van der Waals surface area contributed by atoms with Crippen LogP contribution >= 0.6 is 0 Å². The van der Waals surface area contributed by atoms with Crippen LogP contribution in [0.2, 0.25) is 0 Å². The molecule has 134 valence electrons. The van der Waals surface area contributed by atoms with E-state index in [1.54, 1.807) is 12.1 Å². The van der Waals surface area contributed by atoms with E-state index >= 15 is 0 Å². The van der Waals surface area contributed by atoms with E-state index in [0.29, 0.717) is 31.6 Å². The fraction of sp³-hybridized carbons (Fsp3) is 0.611. The fourth-order valence-corrected chi connectivity index (χ4v) is 2.86. The summed E-state index contributed by atoms with van der Waals surface area (Å²) in [4.78, 5) is 6.54. The second-order valence-corrected chi connectivity index (χ2v) is 6.81. The standard InChI is InChI=1S/C18H27F2N3O/c1-13(2)10-16-12-24-9-8-23(16)17(21)22-11-14-4-6-15(7-5-14)18(3,19)20/h4-7,13,16H,8-12H2,1-3H3,(H2,21,22). The van der Waals surface area contributed by atoms with Gasteiger partial charge in [0, 0.05) is 19.0 Å². The van der Waals surface area contributed by atoms with Crippen molar-refractivity contribution in [2.24, 2.45) is 16.6 Å². The van der Waals surface area contributed by atoms with Crippen molar-refractivity contribution in [1.82, 2.24) is 4.90 Å². The highest BCUT2D eigenvalue weighted by molar-refractivity contribution is 5.78. The molecule has 0 amide bonds. The summed E-state index contributed by atoms with van der Waals surface area (Å²) >= 11 is 0. The lowest BCUT2D eigenvalue weighted by molar-refractivity contribution is 0.0174. The van der Waals surface area contributed by atoms with Crippen molar-refractivity contribution in [2.75, 3.05) is 19.8 Å². The number of halogens is 2. The van der Waals surface area contributed by atoms with Gasteiger partial charge in [-0.1, -0.05) is 38.1 Å². The zero-order valence-electron chi connectivity index (χ0n) is 14.6. The SMILES string of the molecule is CC(C)CC1COCCN1C(N)=NCc1ccc(C(C)(F)F)cc1. The number of hydrogen-bond acceptors (Lipinski definition) is 2. The maximum absolute atomic E-state index is 13.2. The average Bonchev–Trinajstić information content (AvgIpc) is 2.52. The Kier molecular flexibility index (Phi) is 6.15. The van der Waals surface area contributed by atoms with Crippen LogP contribution in [-0.4, -0.2) is 36.7 Å². The molecule has 0 aromatic heterocycles.